The van der Waals surface area contributed by atoms with Gasteiger partial charge in [0, 0.05) is 26.2 Å². The predicted molar refractivity (Wildman–Crippen MR) is 67.4 cm³/mol. The molecule has 6 heteroatoms. The van der Waals surface area contributed by atoms with Crippen LogP contribution >= 0.6 is 0 Å². The van der Waals surface area contributed by atoms with Gasteiger partial charge in [-0.15, -0.1) is 0 Å². The molecule has 0 fully saturated rings. The molecule has 98 valence electrons. The number of nitrogens with zero attached hydrogens (tertiary/aromatic N) is 2. The topological polar surface area (TPSA) is 66.6 Å². The maximum atomic E-state index is 12.2. The number of hydrogen-bond donors (Lipinski definition) is 1. The first-order chi connectivity index (χ1) is 7.20. The highest BCUT2D eigenvalue weighted by atomic mass is 32.2. The van der Waals surface area contributed by atoms with Gasteiger partial charge in [-0.3, -0.25) is 0 Å². The van der Waals surface area contributed by atoms with Gasteiger partial charge >= 0.3 is 0 Å². The van der Waals surface area contributed by atoms with Crippen LogP contribution in [0.4, 0.5) is 0 Å². The summed E-state index contributed by atoms with van der Waals surface area (Å²) in [5.41, 5.74) is 5.01. The Kier molecular flexibility index (Phi) is 5.89. The van der Waals surface area contributed by atoms with E-state index in [1.807, 2.05) is 20.8 Å². The van der Waals surface area contributed by atoms with Crippen molar-refractivity contribution in [2.75, 3.05) is 27.2 Å². The smallest absolute Gasteiger partial charge is 0.281 e. The Morgan fingerprint density at radius 2 is 1.75 bits per heavy atom. The van der Waals surface area contributed by atoms with Crippen LogP contribution < -0.4 is 5.73 Å². The molecule has 0 aliphatic carbocycles. The zero-order valence-corrected chi connectivity index (χ0v) is 11.8. The second-order valence-electron chi connectivity index (χ2n) is 4.61. The maximum absolute atomic E-state index is 12.2. The van der Waals surface area contributed by atoms with Crippen molar-refractivity contribution >= 4 is 10.2 Å². The van der Waals surface area contributed by atoms with Crippen LogP contribution in [0.3, 0.4) is 0 Å². The van der Waals surface area contributed by atoms with Crippen molar-refractivity contribution in [3.05, 3.63) is 0 Å². The van der Waals surface area contributed by atoms with E-state index < -0.39 is 10.2 Å². The standard InChI is InChI=1S/C10H25N3O2S/c1-6-10(2,3)13(5)16(14,15)12(4)9-7-8-11/h6-9,11H2,1-5H3. The number of nitrogens with two attached hydrogens (primary N) is 1. The summed E-state index contributed by atoms with van der Waals surface area (Å²) in [6.45, 7) is 6.78. The van der Waals surface area contributed by atoms with Crippen molar-refractivity contribution in [1.29, 1.82) is 0 Å². The molecular formula is C10H25N3O2S. The predicted octanol–water partition coefficient (Wildman–Crippen LogP) is 0.632. The number of hydrogen-bond acceptors (Lipinski definition) is 3. The van der Waals surface area contributed by atoms with Crippen molar-refractivity contribution in [2.24, 2.45) is 5.73 Å². The molecule has 0 spiro atoms. The van der Waals surface area contributed by atoms with Crippen LogP contribution in [0.5, 0.6) is 0 Å². The molecule has 0 rings (SSSR count). The minimum atomic E-state index is -3.37. The molecule has 0 atom stereocenters. The van der Waals surface area contributed by atoms with Gasteiger partial charge in [0.1, 0.15) is 0 Å². The molecule has 0 saturated heterocycles. The van der Waals surface area contributed by atoms with E-state index >= 15 is 0 Å². The molecule has 0 aromatic rings. The molecule has 0 heterocycles. The number of rotatable bonds is 7. The summed E-state index contributed by atoms with van der Waals surface area (Å²) in [5.74, 6) is 0. The molecule has 0 saturated carbocycles. The lowest BCUT2D eigenvalue weighted by molar-refractivity contribution is 0.240. The molecule has 0 bridgehead atoms. The fourth-order valence-corrected chi connectivity index (χ4v) is 2.71. The van der Waals surface area contributed by atoms with Crippen LogP contribution in [0.25, 0.3) is 0 Å². The summed E-state index contributed by atoms with van der Waals surface area (Å²) >= 11 is 0. The van der Waals surface area contributed by atoms with E-state index in [1.54, 1.807) is 14.1 Å². The zero-order chi connectivity index (χ0) is 13.0. The molecule has 0 unspecified atom stereocenters. The summed E-state index contributed by atoms with van der Waals surface area (Å²) in [4.78, 5) is 0. The van der Waals surface area contributed by atoms with E-state index in [2.05, 4.69) is 0 Å². The van der Waals surface area contributed by atoms with E-state index in [-0.39, 0.29) is 5.54 Å². The highest BCUT2D eigenvalue weighted by Gasteiger charge is 2.33. The molecule has 16 heavy (non-hydrogen) atoms. The molecule has 5 nitrogen and oxygen atoms in total. The summed E-state index contributed by atoms with van der Waals surface area (Å²) in [6, 6.07) is 0. The second-order valence-corrected chi connectivity index (χ2v) is 6.67. The normalized spacial score (nSPS) is 13.8. The Hall–Kier alpha value is -0.170. The van der Waals surface area contributed by atoms with Gasteiger partial charge in [-0.1, -0.05) is 6.92 Å². The van der Waals surface area contributed by atoms with Crippen molar-refractivity contribution < 1.29 is 8.42 Å². The largest absolute Gasteiger partial charge is 0.330 e. The quantitative estimate of drug-likeness (QED) is 0.722. The van der Waals surface area contributed by atoms with Gasteiger partial charge in [0.05, 0.1) is 0 Å². The van der Waals surface area contributed by atoms with Crippen LogP contribution in [-0.4, -0.2) is 49.8 Å². The Balaban J connectivity index is 4.78. The van der Waals surface area contributed by atoms with Crippen molar-refractivity contribution in [3.8, 4) is 0 Å². The van der Waals surface area contributed by atoms with E-state index in [0.29, 0.717) is 19.5 Å². The van der Waals surface area contributed by atoms with Gasteiger partial charge in [-0.2, -0.15) is 17.0 Å². The monoisotopic (exact) mass is 251 g/mol. The maximum Gasteiger partial charge on any atom is 0.281 e. The molecular weight excluding hydrogens is 226 g/mol. The molecule has 0 aromatic carbocycles. The molecule has 0 aromatic heterocycles. The van der Waals surface area contributed by atoms with Crippen LogP contribution in [0.1, 0.15) is 33.6 Å². The van der Waals surface area contributed by atoms with Gasteiger partial charge < -0.3 is 5.73 Å². The Morgan fingerprint density at radius 3 is 2.12 bits per heavy atom. The van der Waals surface area contributed by atoms with Gasteiger partial charge in [0.15, 0.2) is 0 Å². The average molecular weight is 251 g/mol. The molecule has 2 N–H and O–H groups in total. The van der Waals surface area contributed by atoms with E-state index in [0.717, 1.165) is 6.42 Å². The fourth-order valence-electron chi connectivity index (χ4n) is 1.17. The lowest BCUT2D eigenvalue weighted by Crippen LogP contribution is -2.50. The molecule has 0 amide bonds. The van der Waals surface area contributed by atoms with Gasteiger partial charge in [-0.05, 0) is 33.2 Å². The highest BCUT2D eigenvalue weighted by molar-refractivity contribution is 7.86. The van der Waals surface area contributed by atoms with Gasteiger partial charge in [0.2, 0.25) is 0 Å². The second kappa shape index (κ2) is 5.95. The van der Waals surface area contributed by atoms with E-state index in [1.165, 1.54) is 8.61 Å². The van der Waals surface area contributed by atoms with Crippen molar-refractivity contribution in [2.45, 2.75) is 39.2 Å². The first-order valence-corrected chi connectivity index (χ1v) is 7.00. The van der Waals surface area contributed by atoms with Gasteiger partial charge in [-0.25, -0.2) is 0 Å². The zero-order valence-electron chi connectivity index (χ0n) is 11.0. The average Bonchev–Trinajstić information content (AvgIpc) is 2.24. The van der Waals surface area contributed by atoms with Crippen LogP contribution in [0.2, 0.25) is 0 Å². The Morgan fingerprint density at radius 1 is 1.25 bits per heavy atom. The van der Waals surface area contributed by atoms with Gasteiger partial charge in [0.25, 0.3) is 10.2 Å². The highest BCUT2D eigenvalue weighted by Crippen LogP contribution is 2.21. The van der Waals surface area contributed by atoms with Crippen LogP contribution in [0, 0.1) is 0 Å². The Bertz CT molecular complexity index is 301. The third-order valence-electron chi connectivity index (χ3n) is 3.13. The van der Waals surface area contributed by atoms with E-state index in [4.69, 9.17) is 5.73 Å². The Labute approximate surface area is 99.8 Å². The summed E-state index contributed by atoms with van der Waals surface area (Å²) < 4.78 is 27.1. The summed E-state index contributed by atoms with van der Waals surface area (Å²) in [5, 5.41) is 0. The first kappa shape index (κ1) is 15.8. The lowest BCUT2D eigenvalue weighted by atomic mass is 10.0. The first-order valence-electron chi connectivity index (χ1n) is 5.60. The molecule has 0 aliphatic rings. The SMILES string of the molecule is CCC(C)(C)N(C)S(=O)(=O)N(C)CCCN. The fraction of sp³-hybridized carbons (Fsp3) is 1.00. The summed E-state index contributed by atoms with van der Waals surface area (Å²) in [7, 11) is -0.157. The molecule has 0 aliphatic heterocycles. The van der Waals surface area contributed by atoms with Crippen LogP contribution in [0.15, 0.2) is 0 Å². The lowest BCUT2D eigenvalue weighted by Gasteiger charge is -2.36. The third kappa shape index (κ3) is 3.69. The minimum absolute atomic E-state index is 0.365. The van der Waals surface area contributed by atoms with Crippen LogP contribution in [-0.2, 0) is 10.2 Å². The molecule has 0 radical (unpaired) electrons. The summed E-state index contributed by atoms with van der Waals surface area (Å²) in [6.07, 6.45) is 1.45. The minimum Gasteiger partial charge on any atom is -0.330 e. The van der Waals surface area contributed by atoms with Crippen molar-refractivity contribution in [3.63, 3.8) is 0 Å². The third-order valence-corrected chi connectivity index (χ3v) is 5.29. The van der Waals surface area contributed by atoms with Crippen molar-refractivity contribution in [1.82, 2.24) is 8.61 Å². The van der Waals surface area contributed by atoms with E-state index in [9.17, 15) is 8.42 Å².